The second-order valence-corrected chi connectivity index (χ2v) is 7.44. The Morgan fingerprint density at radius 1 is 1.26 bits per heavy atom. The van der Waals surface area contributed by atoms with Gasteiger partial charge < -0.3 is 15.0 Å². The van der Waals surface area contributed by atoms with Crippen molar-refractivity contribution in [1.82, 2.24) is 4.90 Å². The van der Waals surface area contributed by atoms with Crippen LogP contribution in [0.3, 0.4) is 0 Å². The molecule has 0 fully saturated rings. The first kappa shape index (κ1) is 19.9. The summed E-state index contributed by atoms with van der Waals surface area (Å²) in [4.78, 5) is 15.4. The molecule has 1 aromatic rings. The van der Waals surface area contributed by atoms with E-state index in [0.29, 0.717) is 22.8 Å². The summed E-state index contributed by atoms with van der Waals surface area (Å²) in [7, 11) is 1.40. The number of aryl methyl sites for hydroxylation is 1. The van der Waals surface area contributed by atoms with E-state index in [9.17, 15) is 4.79 Å². The van der Waals surface area contributed by atoms with Crippen LogP contribution in [0.5, 0.6) is 0 Å². The highest BCUT2D eigenvalue weighted by molar-refractivity contribution is 7.80. The van der Waals surface area contributed by atoms with E-state index < -0.39 is 0 Å². The summed E-state index contributed by atoms with van der Waals surface area (Å²) in [5.41, 5.74) is 1.54. The molecule has 0 radical (unpaired) electrons. The number of carbonyl (C=O) groups is 1. The monoisotopic (exact) mass is 356 g/mol. The van der Waals surface area contributed by atoms with Crippen LogP contribution >= 0.6 is 23.6 Å². The average Bonchev–Trinajstić information content (AvgIpc) is 2.80. The van der Waals surface area contributed by atoms with E-state index in [1.165, 1.54) is 7.11 Å². The van der Waals surface area contributed by atoms with Gasteiger partial charge >= 0.3 is 5.97 Å². The number of methoxy groups -OCH3 is 1. The van der Waals surface area contributed by atoms with Gasteiger partial charge in [0, 0.05) is 17.0 Å². The van der Waals surface area contributed by atoms with Gasteiger partial charge in [0.2, 0.25) is 0 Å². The highest BCUT2D eigenvalue weighted by atomic mass is 32.1. The lowest BCUT2D eigenvalue weighted by Gasteiger charge is -2.36. The largest absolute Gasteiger partial charge is 0.465 e. The maximum Gasteiger partial charge on any atom is 0.341 e. The Hall–Kier alpha value is -1.14. The molecule has 1 rings (SSSR count). The Labute approximate surface area is 149 Å². The van der Waals surface area contributed by atoms with Crippen LogP contribution in [-0.4, -0.2) is 35.2 Å². The first-order valence-electron chi connectivity index (χ1n) is 8.05. The SMILES string of the molecule is CCC(C)N(C(=S)Nc1sc(C)c(C)c1C(=O)OC)C(C)CC. The van der Waals surface area contributed by atoms with Crippen LogP contribution in [0.15, 0.2) is 0 Å². The first-order valence-corrected chi connectivity index (χ1v) is 9.28. The normalized spacial score (nSPS) is 13.3. The Kier molecular flexibility index (Phi) is 7.48. The van der Waals surface area contributed by atoms with Gasteiger partial charge in [0.15, 0.2) is 5.11 Å². The number of hydrogen-bond acceptors (Lipinski definition) is 4. The molecule has 23 heavy (non-hydrogen) atoms. The molecule has 1 heterocycles. The summed E-state index contributed by atoms with van der Waals surface area (Å²) < 4.78 is 4.92. The lowest BCUT2D eigenvalue weighted by molar-refractivity contribution is 0.0601. The molecule has 0 aromatic carbocycles. The summed E-state index contributed by atoms with van der Waals surface area (Å²) in [5, 5.41) is 4.73. The van der Waals surface area contributed by atoms with Crippen molar-refractivity contribution < 1.29 is 9.53 Å². The molecular weight excluding hydrogens is 328 g/mol. The second-order valence-electron chi connectivity index (χ2n) is 5.83. The molecule has 0 aliphatic heterocycles. The molecule has 0 bridgehead atoms. The second kappa shape index (κ2) is 8.64. The van der Waals surface area contributed by atoms with Gasteiger partial charge in [-0.2, -0.15) is 0 Å². The van der Waals surface area contributed by atoms with E-state index in [2.05, 4.69) is 37.9 Å². The molecule has 2 unspecified atom stereocenters. The van der Waals surface area contributed by atoms with E-state index in [0.717, 1.165) is 28.3 Å². The number of ether oxygens (including phenoxy) is 1. The van der Waals surface area contributed by atoms with E-state index >= 15 is 0 Å². The van der Waals surface area contributed by atoms with Crippen LogP contribution in [0.4, 0.5) is 5.00 Å². The molecule has 2 atom stereocenters. The molecule has 1 N–H and O–H groups in total. The predicted octanol–water partition coefficient (Wildman–Crippen LogP) is 4.75. The number of thiophene rings is 1. The number of thiocarbonyl (C=S) groups is 1. The standard InChI is InChI=1S/C17H28N2O2S2/c1-8-10(3)19(11(4)9-2)17(22)18-15-14(16(20)21-7)12(5)13(6)23-15/h10-11H,8-9H2,1-7H3,(H,18,22). The van der Waals surface area contributed by atoms with Crippen molar-refractivity contribution in [1.29, 1.82) is 0 Å². The predicted molar refractivity (Wildman–Crippen MR) is 103 cm³/mol. The lowest BCUT2D eigenvalue weighted by atomic mass is 10.1. The van der Waals surface area contributed by atoms with E-state index in [-0.39, 0.29) is 5.97 Å². The molecule has 0 saturated heterocycles. The van der Waals surface area contributed by atoms with Crippen LogP contribution in [0, 0.1) is 13.8 Å². The summed E-state index contributed by atoms with van der Waals surface area (Å²) in [6.07, 6.45) is 2.02. The topological polar surface area (TPSA) is 41.6 Å². The van der Waals surface area contributed by atoms with Crippen molar-refractivity contribution in [3.8, 4) is 0 Å². The molecule has 0 amide bonds. The van der Waals surface area contributed by atoms with Gasteiger partial charge in [0.1, 0.15) is 5.00 Å². The van der Waals surface area contributed by atoms with Crippen molar-refractivity contribution in [3.63, 3.8) is 0 Å². The highest BCUT2D eigenvalue weighted by Gasteiger charge is 2.25. The molecule has 130 valence electrons. The van der Waals surface area contributed by atoms with Crippen LogP contribution in [-0.2, 0) is 4.74 Å². The summed E-state index contributed by atoms with van der Waals surface area (Å²) in [6.45, 7) is 12.6. The van der Waals surface area contributed by atoms with Crippen LogP contribution in [0.25, 0.3) is 0 Å². The quantitative estimate of drug-likeness (QED) is 0.588. The maximum absolute atomic E-state index is 12.1. The fourth-order valence-electron chi connectivity index (χ4n) is 2.45. The van der Waals surface area contributed by atoms with E-state index in [1.807, 2.05) is 13.8 Å². The van der Waals surface area contributed by atoms with Crippen molar-refractivity contribution in [2.24, 2.45) is 0 Å². The molecule has 0 aliphatic rings. The Morgan fingerprint density at radius 2 is 1.78 bits per heavy atom. The van der Waals surface area contributed by atoms with Crippen molar-refractivity contribution in [2.75, 3.05) is 12.4 Å². The van der Waals surface area contributed by atoms with Crippen LogP contribution < -0.4 is 5.32 Å². The Morgan fingerprint density at radius 3 is 2.22 bits per heavy atom. The van der Waals surface area contributed by atoms with E-state index in [4.69, 9.17) is 17.0 Å². The lowest BCUT2D eigenvalue weighted by Crippen LogP contribution is -2.46. The zero-order valence-corrected chi connectivity index (χ0v) is 16.8. The van der Waals surface area contributed by atoms with Crippen LogP contribution in [0.1, 0.15) is 61.3 Å². The Bertz CT molecular complexity index is 559. The molecular formula is C17H28N2O2S2. The number of anilines is 1. The number of rotatable bonds is 6. The number of esters is 1. The van der Waals surface area contributed by atoms with Gasteiger partial charge in [-0.25, -0.2) is 4.79 Å². The van der Waals surface area contributed by atoms with Crippen molar-refractivity contribution in [3.05, 3.63) is 16.0 Å². The minimum atomic E-state index is -0.323. The minimum absolute atomic E-state index is 0.323. The summed E-state index contributed by atoms with van der Waals surface area (Å²) in [6, 6.07) is 0.683. The molecule has 0 aliphatic carbocycles. The van der Waals surface area contributed by atoms with Gasteiger partial charge in [-0.3, -0.25) is 0 Å². The van der Waals surface area contributed by atoms with E-state index in [1.54, 1.807) is 11.3 Å². The molecule has 6 heteroatoms. The molecule has 1 aromatic heterocycles. The number of carbonyl (C=O) groups excluding carboxylic acids is 1. The van der Waals surface area contributed by atoms with Crippen LogP contribution in [0.2, 0.25) is 0 Å². The third kappa shape index (κ3) is 4.44. The number of nitrogens with one attached hydrogen (secondary N) is 1. The fourth-order valence-corrected chi connectivity index (χ4v) is 4.03. The van der Waals surface area contributed by atoms with Gasteiger partial charge in [0.05, 0.1) is 12.7 Å². The summed E-state index contributed by atoms with van der Waals surface area (Å²) in [5.74, 6) is -0.323. The third-order valence-electron chi connectivity index (χ3n) is 4.36. The Balaban J connectivity index is 3.12. The number of hydrogen-bond donors (Lipinski definition) is 1. The molecule has 0 spiro atoms. The highest BCUT2D eigenvalue weighted by Crippen LogP contribution is 2.33. The molecule has 0 saturated carbocycles. The van der Waals surface area contributed by atoms with Gasteiger partial charge in [-0.15, -0.1) is 11.3 Å². The average molecular weight is 357 g/mol. The number of nitrogens with zero attached hydrogens (tertiary/aromatic N) is 1. The minimum Gasteiger partial charge on any atom is -0.465 e. The third-order valence-corrected chi connectivity index (χ3v) is 5.80. The first-order chi connectivity index (χ1) is 10.8. The maximum atomic E-state index is 12.1. The smallest absolute Gasteiger partial charge is 0.341 e. The van der Waals surface area contributed by atoms with Gasteiger partial charge in [0.25, 0.3) is 0 Å². The summed E-state index contributed by atoms with van der Waals surface area (Å²) >= 11 is 7.19. The van der Waals surface area contributed by atoms with Gasteiger partial charge in [-0.05, 0) is 58.3 Å². The molecule has 4 nitrogen and oxygen atoms in total. The zero-order chi connectivity index (χ0) is 17.7. The van der Waals surface area contributed by atoms with Gasteiger partial charge in [-0.1, -0.05) is 13.8 Å². The van der Waals surface area contributed by atoms with Crippen molar-refractivity contribution >= 4 is 39.6 Å². The fraction of sp³-hybridized carbons (Fsp3) is 0.647. The zero-order valence-electron chi connectivity index (χ0n) is 15.1. The van der Waals surface area contributed by atoms with Crippen molar-refractivity contribution in [2.45, 2.75) is 66.5 Å².